The summed E-state index contributed by atoms with van der Waals surface area (Å²) in [4.78, 5) is 23.7. The van der Waals surface area contributed by atoms with Crippen LogP contribution in [0.2, 0.25) is 0 Å². The molecule has 132 valence electrons. The van der Waals surface area contributed by atoms with Gasteiger partial charge < -0.3 is 5.32 Å². The molecule has 0 aliphatic heterocycles. The zero-order chi connectivity index (χ0) is 18.4. The van der Waals surface area contributed by atoms with Crippen LogP contribution in [0, 0.1) is 5.82 Å². The number of amides is 1. The number of nitrogens with one attached hydrogen (secondary N) is 1. The number of carbonyl (C=O) groups excluding carboxylic acids is 2. The van der Waals surface area contributed by atoms with Crippen molar-refractivity contribution in [3.8, 4) is 0 Å². The molecule has 0 saturated carbocycles. The fourth-order valence-electron chi connectivity index (χ4n) is 2.39. The third-order valence-electron chi connectivity index (χ3n) is 3.96. The molecule has 1 unspecified atom stereocenters. The van der Waals surface area contributed by atoms with Gasteiger partial charge in [0.05, 0.1) is 11.8 Å². The van der Waals surface area contributed by atoms with E-state index in [0.29, 0.717) is 10.5 Å². The van der Waals surface area contributed by atoms with Crippen molar-refractivity contribution in [3.63, 3.8) is 0 Å². The number of hydrogen-bond acceptors (Lipinski definition) is 3. The van der Waals surface area contributed by atoms with E-state index in [9.17, 15) is 14.0 Å². The first-order chi connectivity index (χ1) is 11.9. The van der Waals surface area contributed by atoms with Crippen molar-refractivity contribution in [2.24, 2.45) is 0 Å². The van der Waals surface area contributed by atoms with Gasteiger partial charge in [-0.3, -0.25) is 9.59 Å². The van der Waals surface area contributed by atoms with Gasteiger partial charge in [0, 0.05) is 10.5 Å². The number of aryl methyl sites for hydroxylation is 1. The molecule has 0 heterocycles. The topological polar surface area (TPSA) is 46.2 Å². The van der Waals surface area contributed by atoms with Crippen LogP contribution >= 0.6 is 11.8 Å². The van der Waals surface area contributed by atoms with Crippen LogP contribution in [-0.2, 0) is 11.2 Å². The Labute approximate surface area is 152 Å². The first kappa shape index (κ1) is 19.2. The Hall–Kier alpha value is -2.14. The van der Waals surface area contributed by atoms with Crippen LogP contribution in [0.15, 0.2) is 47.4 Å². The van der Waals surface area contributed by atoms with Crippen LogP contribution in [0.4, 0.5) is 4.39 Å². The number of rotatable bonds is 7. The summed E-state index contributed by atoms with van der Waals surface area (Å²) >= 11 is 1.12. The summed E-state index contributed by atoms with van der Waals surface area (Å²) in [6.45, 7) is 5.41. The minimum absolute atomic E-state index is 0.107. The molecule has 0 radical (unpaired) electrons. The van der Waals surface area contributed by atoms with Gasteiger partial charge in [0.1, 0.15) is 5.82 Å². The van der Waals surface area contributed by atoms with Crippen LogP contribution in [-0.4, -0.2) is 17.4 Å². The maximum absolute atomic E-state index is 14.0. The lowest BCUT2D eigenvalue weighted by Gasteiger charge is -2.15. The van der Waals surface area contributed by atoms with Crippen molar-refractivity contribution >= 4 is 23.5 Å². The average molecular weight is 359 g/mol. The van der Waals surface area contributed by atoms with Crippen molar-refractivity contribution in [1.29, 1.82) is 0 Å². The number of halogens is 1. The Kier molecular flexibility index (Phi) is 6.76. The number of benzene rings is 2. The maximum atomic E-state index is 14.0. The standard InChI is InChI=1S/C20H22FNO2S/c1-4-15-5-7-16(8-6-15)13(2)22-20(24)12-25-19-10-9-17(14(3)23)11-18(19)21/h5-11,13H,4,12H2,1-3H3,(H,22,24). The highest BCUT2D eigenvalue weighted by molar-refractivity contribution is 8.00. The van der Waals surface area contributed by atoms with Gasteiger partial charge in [-0.05, 0) is 43.5 Å². The molecule has 2 rings (SSSR count). The van der Waals surface area contributed by atoms with E-state index in [1.807, 2.05) is 19.1 Å². The first-order valence-electron chi connectivity index (χ1n) is 8.22. The van der Waals surface area contributed by atoms with Gasteiger partial charge in [-0.2, -0.15) is 0 Å². The molecule has 1 amide bonds. The predicted octanol–water partition coefficient (Wildman–Crippen LogP) is 4.56. The van der Waals surface area contributed by atoms with Crippen molar-refractivity contribution in [3.05, 3.63) is 65.0 Å². The molecule has 0 fully saturated rings. The lowest BCUT2D eigenvalue weighted by Crippen LogP contribution is -2.28. The molecule has 0 aliphatic rings. The Balaban J connectivity index is 1.90. The first-order valence-corrected chi connectivity index (χ1v) is 9.20. The number of Topliss-reactive ketones (excluding diaryl/α,β-unsaturated/α-hetero) is 1. The van der Waals surface area contributed by atoms with Gasteiger partial charge in [0.2, 0.25) is 5.91 Å². The molecule has 3 nitrogen and oxygen atoms in total. The summed E-state index contributed by atoms with van der Waals surface area (Å²) in [5.74, 6) is -0.704. The smallest absolute Gasteiger partial charge is 0.230 e. The summed E-state index contributed by atoms with van der Waals surface area (Å²) in [7, 11) is 0. The average Bonchev–Trinajstić information content (AvgIpc) is 2.60. The minimum Gasteiger partial charge on any atom is -0.349 e. The second-order valence-corrected chi connectivity index (χ2v) is 6.89. The second-order valence-electron chi connectivity index (χ2n) is 5.87. The molecule has 25 heavy (non-hydrogen) atoms. The van der Waals surface area contributed by atoms with E-state index in [1.165, 1.54) is 24.6 Å². The van der Waals surface area contributed by atoms with E-state index in [1.54, 1.807) is 6.07 Å². The SMILES string of the molecule is CCc1ccc(C(C)NC(=O)CSc2ccc(C(C)=O)cc2F)cc1. The lowest BCUT2D eigenvalue weighted by molar-refractivity contribution is -0.119. The largest absolute Gasteiger partial charge is 0.349 e. The Morgan fingerprint density at radius 2 is 1.84 bits per heavy atom. The molecule has 0 saturated heterocycles. The van der Waals surface area contributed by atoms with Crippen LogP contribution in [0.5, 0.6) is 0 Å². The third kappa shape index (κ3) is 5.43. The zero-order valence-electron chi connectivity index (χ0n) is 14.6. The summed E-state index contributed by atoms with van der Waals surface area (Å²) in [6, 6.07) is 12.3. The van der Waals surface area contributed by atoms with Gasteiger partial charge in [-0.1, -0.05) is 37.3 Å². The van der Waals surface area contributed by atoms with Gasteiger partial charge in [0.25, 0.3) is 0 Å². The van der Waals surface area contributed by atoms with E-state index < -0.39 is 5.82 Å². The number of carbonyl (C=O) groups is 2. The van der Waals surface area contributed by atoms with Crippen LogP contribution in [0.1, 0.15) is 48.3 Å². The maximum Gasteiger partial charge on any atom is 0.230 e. The quantitative estimate of drug-likeness (QED) is 0.582. The molecule has 1 N–H and O–H groups in total. The minimum atomic E-state index is -0.478. The van der Waals surface area contributed by atoms with Crippen LogP contribution < -0.4 is 5.32 Å². The second kappa shape index (κ2) is 8.81. The van der Waals surface area contributed by atoms with Crippen LogP contribution in [0.3, 0.4) is 0 Å². The van der Waals surface area contributed by atoms with Gasteiger partial charge >= 0.3 is 0 Å². The van der Waals surface area contributed by atoms with E-state index >= 15 is 0 Å². The molecule has 0 aliphatic carbocycles. The Morgan fingerprint density at radius 3 is 2.40 bits per heavy atom. The highest BCUT2D eigenvalue weighted by Crippen LogP contribution is 2.23. The highest BCUT2D eigenvalue weighted by Gasteiger charge is 2.12. The number of ketones is 1. The summed E-state index contributed by atoms with van der Waals surface area (Å²) in [5, 5.41) is 2.92. The Morgan fingerprint density at radius 1 is 1.16 bits per heavy atom. The molecule has 0 spiro atoms. The lowest BCUT2D eigenvalue weighted by atomic mass is 10.1. The predicted molar refractivity (Wildman–Crippen MR) is 99.5 cm³/mol. The van der Waals surface area contributed by atoms with Gasteiger partial charge in [-0.15, -0.1) is 11.8 Å². The van der Waals surface area contributed by atoms with E-state index in [-0.39, 0.29) is 23.5 Å². The zero-order valence-corrected chi connectivity index (χ0v) is 15.5. The third-order valence-corrected chi connectivity index (χ3v) is 5.01. The number of thioether (sulfide) groups is 1. The summed E-state index contributed by atoms with van der Waals surface area (Å²) in [6.07, 6.45) is 0.978. The Bertz CT molecular complexity index is 759. The molecule has 0 aromatic heterocycles. The van der Waals surface area contributed by atoms with E-state index in [2.05, 4.69) is 24.4 Å². The molecular formula is C20H22FNO2S. The molecule has 5 heteroatoms. The van der Waals surface area contributed by atoms with Crippen LogP contribution in [0.25, 0.3) is 0 Å². The van der Waals surface area contributed by atoms with E-state index in [0.717, 1.165) is 23.7 Å². The normalized spacial score (nSPS) is 11.8. The molecule has 1 atom stereocenters. The number of hydrogen-bond donors (Lipinski definition) is 1. The fourth-order valence-corrected chi connectivity index (χ4v) is 3.12. The molecular weight excluding hydrogens is 337 g/mol. The molecule has 2 aromatic rings. The van der Waals surface area contributed by atoms with Crippen molar-refractivity contribution in [2.45, 2.75) is 38.1 Å². The van der Waals surface area contributed by atoms with E-state index in [4.69, 9.17) is 0 Å². The van der Waals surface area contributed by atoms with Crippen molar-refractivity contribution in [1.82, 2.24) is 5.32 Å². The van der Waals surface area contributed by atoms with Gasteiger partial charge in [-0.25, -0.2) is 4.39 Å². The van der Waals surface area contributed by atoms with Crippen molar-refractivity contribution < 1.29 is 14.0 Å². The molecule has 2 aromatic carbocycles. The monoisotopic (exact) mass is 359 g/mol. The van der Waals surface area contributed by atoms with Crippen molar-refractivity contribution in [2.75, 3.05) is 5.75 Å². The highest BCUT2D eigenvalue weighted by atomic mass is 32.2. The summed E-state index contributed by atoms with van der Waals surface area (Å²) in [5.41, 5.74) is 2.62. The van der Waals surface area contributed by atoms with Gasteiger partial charge in [0.15, 0.2) is 5.78 Å². The summed E-state index contributed by atoms with van der Waals surface area (Å²) < 4.78 is 14.0. The molecule has 0 bridgehead atoms. The fraction of sp³-hybridized carbons (Fsp3) is 0.300.